The van der Waals surface area contributed by atoms with Crippen molar-refractivity contribution in [1.29, 1.82) is 0 Å². The lowest BCUT2D eigenvalue weighted by molar-refractivity contribution is -0.384. The second kappa shape index (κ2) is 9.40. The smallest absolute Gasteiger partial charge is 0.270 e. The van der Waals surface area contributed by atoms with Gasteiger partial charge >= 0.3 is 0 Å². The molecular formula is C21H22N4O3S. The summed E-state index contributed by atoms with van der Waals surface area (Å²) in [7, 11) is 3.98. The number of carbonyl (C=O) groups excluding carboxylic acids is 1. The van der Waals surface area contributed by atoms with E-state index in [2.05, 4.69) is 9.88 Å². The van der Waals surface area contributed by atoms with E-state index < -0.39 is 4.92 Å². The molecule has 0 radical (unpaired) electrons. The molecule has 3 aromatic rings. The van der Waals surface area contributed by atoms with Gasteiger partial charge in [0.25, 0.3) is 11.6 Å². The van der Waals surface area contributed by atoms with Crippen LogP contribution in [0.1, 0.15) is 12.0 Å². The number of hydrogen-bond donors (Lipinski definition) is 0. The molecule has 0 fully saturated rings. The van der Waals surface area contributed by atoms with Gasteiger partial charge in [-0.2, -0.15) is 0 Å². The molecule has 0 aliphatic heterocycles. The molecule has 7 nitrogen and oxygen atoms in total. The lowest BCUT2D eigenvalue weighted by atomic mass is 10.2. The van der Waals surface area contributed by atoms with Crippen molar-refractivity contribution in [2.75, 3.05) is 32.1 Å². The maximum Gasteiger partial charge on any atom is 0.270 e. The molecule has 0 saturated carbocycles. The van der Waals surface area contributed by atoms with Crippen molar-refractivity contribution in [3.05, 3.63) is 70.3 Å². The molecule has 1 heterocycles. The van der Waals surface area contributed by atoms with Gasteiger partial charge in [-0.25, -0.2) is 4.98 Å². The van der Waals surface area contributed by atoms with Gasteiger partial charge in [0.2, 0.25) is 0 Å². The third kappa shape index (κ3) is 5.46. The number of anilines is 1. The van der Waals surface area contributed by atoms with Crippen molar-refractivity contribution in [1.82, 2.24) is 9.88 Å². The number of nitro groups is 1. The van der Waals surface area contributed by atoms with Crippen LogP contribution < -0.4 is 4.90 Å². The Labute approximate surface area is 173 Å². The van der Waals surface area contributed by atoms with Gasteiger partial charge in [0.1, 0.15) is 0 Å². The van der Waals surface area contributed by atoms with Gasteiger partial charge in [-0.05, 0) is 50.8 Å². The zero-order chi connectivity index (χ0) is 20.8. The van der Waals surface area contributed by atoms with Crippen LogP contribution in [0.25, 0.3) is 16.3 Å². The van der Waals surface area contributed by atoms with Crippen LogP contribution in [-0.4, -0.2) is 47.9 Å². The third-order valence-electron chi connectivity index (χ3n) is 4.27. The highest BCUT2D eigenvalue weighted by atomic mass is 32.1. The Kier molecular flexibility index (Phi) is 6.69. The van der Waals surface area contributed by atoms with E-state index in [4.69, 9.17) is 0 Å². The summed E-state index contributed by atoms with van der Waals surface area (Å²) in [5.41, 5.74) is 1.46. The van der Waals surface area contributed by atoms with Crippen LogP contribution in [0.15, 0.2) is 54.6 Å². The summed E-state index contributed by atoms with van der Waals surface area (Å²) in [6, 6.07) is 14.0. The number of nitro benzene ring substituents is 1. The maximum atomic E-state index is 12.9. The van der Waals surface area contributed by atoms with Crippen molar-refractivity contribution in [3.63, 3.8) is 0 Å². The van der Waals surface area contributed by atoms with E-state index in [9.17, 15) is 14.9 Å². The fourth-order valence-corrected chi connectivity index (χ4v) is 3.82. The Morgan fingerprint density at radius 3 is 2.69 bits per heavy atom. The molecule has 0 spiro atoms. The molecule has 3 rings (SSSR count). The van der Waals surface area contributed by atoms with Crippen LogP contribution in [0.5, 0.6) is 0 Å². The number of nitrogens with zero attached hydrogens (tertiary/aromatic N) is 4. The quantitative estimate of drug-likeness (QED) is 0.316. The van der Waals surface area contributed by atoms with Gasteiger partial charge in [0.05, 0.1) is 15.1 Å². The SMILES string of the molecule is CN(C)CCCN(C(=O)/C=C/c1cccc([N+](=O)[O-])c1)c1nc2ccccc2s1. The topological polar surface area (TPSA) is 79.6 Å². The summed E-state index contributed by atoms with van der Waals surface area (Å²) in [6.45, 7) is 1.39. The summed E-state index contributed by atoms with van der Waals surface area (Å²) < 4.78 is 1.02. The van der Waals surface area contributed by atoms with Gasteiger partial charge in [-0.3, -0.25) is 19.8 Å². The number of non-ortho nitro benzene ring substituents is 1. The van der Waals surface area contributed by atoms with Crippen molar-refractivity contribution in [2.24, 2.45) is 0 Å². The molecule has 0 atom stereocenters. The summed E-state index contributed by atoms with van der Waals surface area (Å²) in [4.78, 5) is 31.8. The van der Waals surface area contributed by atoms with Crippen LogP contribution in [-0.2, 0) is 4.79 Å². The molecule has 29 heavy (non-hydrogen) atoms. The number of thiazole rings is 1. The molecule has 2 aromatic carbocycles. The predicted octanol–water partition coefficient (Wildman–Crippen LogP) is 4.20. The lowest BCUT2D eigenvalue weighted by Crippen LogP contribution is -2.32. The molecule has 1 amide bonds. The number of amides is 1. The molecule has 1 aromatic heterocycles. The average molecular weight is 410 g/mol. The molecule has 0 unspecified atom stereocenters. The van der Waals surface area contributed by atoms with E-state index >= 15 is 0 Å². The van der Waals surface area contributed by atoms with Crippen LogP contribution in [0.2, 0.25) is 0 Å². The van der Waals surface area contributed by atoms with Gasteiger partial charge in [-0.1, -0.05) is 35.6 Å². The number of carbonyl (C=O) groups is 1. The number of fused-ring (bicyclic) bond motifs is 1. The summed E-state index contributed by atoms with van der Waals surface area (Å²) in [5.74, 6) is -0.200. The lowest BCUT2D eigenvalue weighted by Gasteiger charge is -2.19. The zero-order valence-electron chi connectivity index (χ0n) is 16.3. The van der Waals surface area contributed by atoms with E-state index in [-0.39, 0.29) is 11.6 Å². The Balaban J connectivity index is 1.83. The molecule has 0 aliphatic rings. The van der Waals surface area contributed by atoms with Gasteiger partial charge < -0.3 is 4.90 Å². The van der Waals surface area contributed by atoms with E-state index in [1.54, 1.807) is 23.1 Å². The van der Waals surface area contributed by atoms with Crippen molar-refractivity contribution in [2.45, 2.75) is 6.42 Å². The standard InChI is InChI=1S/C21H22N4O3S/c1-23(2)13-6-14-24(21-22-18-9-3-4-10-19(18)29-21)20(26)12-11-16-7-5-8-17(15-16)25(27)28/h3-5,7-12,15H,6,13-14H2,1-2H3/b12-11+. The second-order valence-corrected chi connectivity index (χ2v) is 7.81. The minimum atomic E-state index is -0.451. The number of benzene rings is 2. The number of hydrogen-bond acceptors (Lipinski definition) is 6. The van der Waals surface area contributed by atoms with Crippen molar-refractivity contribution >= 4 is 44.4 Å². The monoisotopic (exact) mass is 410 g/mol. The third-order valence-corrected chi connectivity index (χ3v) is 5.33. The predicted molar refractivity (Wildman–Crippen MR) is 117 cm³/mol. The Morgan fingerprint density at radius 2 is 1.97 bits per heavy atom. The molecule has 0 N–H and O–H groups in total. The van der Waals surface area contributed by atoms with E-state index in [1.165, 1.54) is 29.5 Å². The second-order valence-electron chi connectivity index (χ2n) is 6.80. The van der Waals surface area contributed by atoms with E-state index in [0.29, 0.717) is 17.2 Å². The van der Waals surface area contributed by atoms with Crippen LogP contribution in [0.4, 0.5) is 10.8 Å². The normalized spacial score (nSPS) is 11.4. The van der Waals surface area contributed by atoms with Gasteiger partial charge in [0, 0.05) is 24.8 Å². The number of aromatic nitrogens is 1. The first-order valence-corrected chi connectivity index (χ1v) is 10.00. The Hall–Kier alpha value is -3.10. The van der Waals surface area contributed by atoms with Crippen molar-refractivity contribution < 1.29 is 9.72 Å². The first-order valence-electron chi connectivity index (χ1n) is 9.18. The summed E-state index contributed by atoms with van der Waals surface area (Å²) >= 11 is 1.48. The maximum absolute atomic E-state index is 12.9. The first-order chi connectivity index (χ1) is 13.9. The van der Waals surface area contributed by atoms with Gasteiger partial charge in [-0.15, -0.1) is 0 Å². The Bertz CT molecular complexity index is 1010. The molecule has 8 heteroatoms. The summed E-state index contributed by atoms with van der Waals surface area (Å²) in [6.07, 6.45) is 3.85. The van der Waals surface area contributed by atoms with E-state index in [1.807, 2.05) is 38.4 Å². The average Bonchev–Trinajstić information content (AvgIpc) is 3.13. The van der Waals surface area contributed by atoms with Crippen LogP contribution >= 0.6 is 11.3 Å². The fraction of sp³-hybridized carbons (Fsp3) is 0.238. The first kappa shape index (κ1) is 20.6. The highest BCUT2D eigenvalue weighted by molar-refractivity contribution is 7.22. The summed E-state index contributed by atoms with van der Waals surface area (Å²) in [5, 5.41) is 11.6. The minimum absolute atomic E-state index is 0.00592. The highest BCUT2D eigenvalue weighted by Gasteiger charge is 2.17. The fourth-order valence-electron chi connectivity index (χ4n) is 2.82. The highest BCUT2D eigenvalue weighted by Crippen LogP contribution is 2.29. The van der Waals surface area contributed by atoms with Crippen LogP contribution in [0, 0.1) is 10.1 Å². The van der Waals surface area contributed by atoms with Crippen molar-refractivity contribution in [3.8, 4) is 0 Å². The van der Waals surface area contributed by atoms with E-state index in [0.717, 1.165) is 23.2 Å². The molecule has 0 aliphatic carbocycles. The largest absolute Gasteiger partial charge is 0.309 e. The Morgan fingerprint density at radius 1 is 1.17 bits per heavy atom. The minimum Gasteiger partial charge on any atom is -0.309 e. The number of para-hydroxylation sites is 1. The van der Waals surface area contributed by atoms with Crippen LogP contribution in [0.3, 0.4) is 0 Å². The molecule has 0 bridgehead atoms. The van der Waals surface area contributed by atoms with Gasteiger partial charge in [0.15, 0.2) is 5.13 Å². The molecule has 0 saturated heterocycles. The number of rotatable bonds is 8. The molecule has 150 valence electrons. The zero-order valence-corrected chi connectivity index (χ0v) is 17.1. The molecular weight excluding hydrogens is 388 g/mol.